The normalized spacial score (nSPS) is 11.6. The molecule has 0 amide bonds. The number of methoxy groups -OCH3 is 2. The number of allylic oxidation sites excluding steroid dienone is 3. The third kappa shape index (κ3) is 6.96. The van der Waals surface area contributed by atoms with Gasteiger partial charge in [-0.25, -0.2) is 9.98 Å². The van der Waals surface area contributed by atoms with Crippen molar-refractivity contribution in [2.45, 2.75) is 27.2 Å². The van der Waals surface area contributed by atoms with Gasteiger partial charge in [-0.05, 0) is 45.8 Å². The fraction of sp³-hybridized carbons (Fsp3) is 0.269. The third-order valence-electron chi connectivity index (χ3n) is 4.95. The molecule has 1 aromatic carbocycles. The fourth-order valence-electron chi connectivity index (χ4n) is 2.95. The van der Waals surface area contributed by atoms with Crippen molar-refractivity contribution in [1.82, 2.24) is 10.3 Å². The van der Waals surface area contributed by atoms with E-state index in [0.717, 1.165) is 12.1 Å². The number of nitrogens with one attached hydrogen (secondary N) is 1. The molecular weight excluding hydrogens is 450 g/mol. The molecule has 7 nitrogen and oxygen atoms in total. The summed E-state index contributed by atoms with van der Waals surface area (Å²) in [5.74, 6) is 2.08. The summed E-state index contributed by atoms with van der Waals surface area (Å²) >= 11 is 6.71. The molecule has 0 aliphatic carbocycles. The van der Waals surface area contributed by atoms with Gasteiger partial charge in [-0.15, -0.1) is 0 Å². The second-order valence-electron chi connectivity index (χ2n) is 7.32. The maximum Gasteiger partial charge on any atom is 0.179 e. The highest BCUT2D eigenvalue weighted by Crippen LogP contribution is 2.42. The number of hydrogen-bond acceptors (Lipinski definition) is 7. The maximum atomic E-state index is 6.71. The summed E-state index contributed by atoms with van der Waals surface area (Å²) in [4.78, 5) is 15.2. The number of halogens is 1. The molecule has 0 radical (unpaired) electrons. The van der Waals surface area contributed by atoms with Crippen LogP contribution in [0.4, 0.5) is 23.0 Å². The summed E-state index contributed by atoms with van der Waals surface area (Å²) in [6, 6.07) is 7.26. The molecule has 0 fully saturated rings. The van der Waals surface area contributed by atoms with Crippen LogP contribution in [0.2, 0.25) is 5.02 Å². The van der Waals surface area contributed by atoms with Crippen molar-refractivity contribution in [2.75, 3.05) is 25.7 Å². The second kappa shape index (κ2) is 13.2. The van der Waals surface area contributed by atoms with E-state index in [4.69, 9.17) is 26.1 Å². The van der Waals surface area contributed by atoms with Crippen LogP contribution in [0.15, 0.2) is 70.5 Å². The number of hydrogen-bond donors (Lipinski definition) is 1. The van der Waals surface area contributed by atoms with Gasteiger partial charge in [0.25, 0.3) is 0 Å². The maximum absolute atomic E-state index is 6.71. The van der Waals surface area contributed by atoms with E-state index in [2.05, 4.69) is 41.6 Å². The number of aromatic nitrogens is 1. The van der Waals surface area contributed by atoms with Crippen molar-refractivity contribution in [1.29, 1.82) is 0 Å². The Labute approximate surface area is 207 Å². The van der Waals surface area contributed by atoms with Crippen LogP contribution in [-0.4, -0.2) is 38.7 Å². The molecule has 0 bridgehead atoms. The Kier molecular flexibility index (Phi) is 10.4. The number of ether oxygens (including phenoxy) is 2. The topological polar surface area (TPSA) is 71.3 Å². The molecule has 0 saturated carbocycles. The van der Waals surface area contributed by atoms with Crippen LogP contribution in [0.5, 0.6) is 11.5 Å². The van der Waals surface area contributed by atoms with Crippen LogP contribution >= 0.6 is 11.6 Å². The van der Waals surface area contributed by atoms with Gasteiger partial charge in [0.15, 0.2) is 5.82 Å². The molecule has 1 N–H and O–H groups in total. The summed E-state index contributed by atoms with van der Waals surface area (Å²) in [5.41, 5.74) is 3.22. The lowest BCUT2D eigenvalue weighted by atomic mass is 10.2. The van der Waals surface area contributed by atoms with Gasteiger partial charge in [0, 0.05) is 30.5 Å². The lowest BCUT2D eigenvalue weighted by Crippen LogP contribution is -2.25. The summed E-state index contributed by atoms with van der Waals surface area (Å²) < 4.78 is 10.9. The quantitative estimate of drug-likeness (QED) is 0.263. The first kappa shape index (κ1) is 26.7. The molecule has 34 heavy (non-hydrogen) atoms. The monoisotopic (exact) mass is 481 g/mol. The number of anilines is 2. The molecule has 0 spiro atoms. The molecule has 1 heterocycles. The van der Waals surface area contributed by atoms with E-state index in [-0.39, 0.29) is 0 Å². The fourth-order valence-corrected chi connectivity index (χ4v) is 3.24. The van der Waals surface area contributed by atoms with Gasteiger partial charge in [0.1, 0.15) is 28.0 Å². The zero-order valence-corrected chi connectivity index (χ0v) is 21.2. The second-order valence-corrected chi connectivity index (χ2v) is 7.70. The van der Waals surface area contributed by atoms with Crippen LogP contribution in [0.25, 0.3) is 0 Å². The van der Waals surface area contributed by atoms with Crippen molar-refractivity contribution in [3.63, 3.8) is 0 Å². The molecule has 0 aliphatic rings. The molecule has 8 heteroatoms. The SMILES string of the molecule is C=Nc1nc(N(CC(=C)N/C=C\C)c2cc(OC)cc(OC)c2Cl)ccc1N=CC/C(C)=C/C. The molecule has 0 atom stereocenters. The number of rotatable bonds is 12. The molecule has 2 aromatic rings. The van der Waals surface area contributed by atoms with E-state index in [1.165, 1.54) is 5.57 Å². The lowest BCUT2D eigenvalue weighted by Gasteiger charge is -2.27. The molecule has 0 unspecified atom stereocenters. The van der Waals surface area contributed by atoms with E-state index in [9.17, 15) is 0 Å². The summed E-state index contributed by atoms with van der Waals surface area (Å²) in [6.07, 6.45) is 8.33. The minimum absolute atomic E-state index is 0.368. The van der Waals surface area contributed by atoms with Crippen molar-refractivity contribution in [2.24, 2.45) is 9.98 Å². The van der Waals surface area contributed by atoms with E-state index >= 15 is 0 Å². The van der Waals surface area contributed by atoms with E-state index in [1.54, 1.807) is 20.3 Å². The Morgan fingerprint density at radius 3 is 2.62 bits per heavy atom. The van der Waals surface area contributed by atoms with Crippen LogP contribution in [0.3, 0.4) is 0 Å². The highest BCUT2D eigenvalue weighted by atomic mass is 35.5. The Morgan fingerprint density at radius 2 is 2.00 bits per heavy atom. The first-order valence-electron chi connectivity index (χ1n) is 10.7. The van der Waals surface area contributed by atoms with Crippen LogP contribution in [-0.2, 0) is 0 Å². The van der Waals surface area contributed by atoms with Gasteiger partial charge in [0.2, 0.25) is 0 Å². The Bertz CT molecular complexity index is 1110. The Balaban J connectivity index is 2.58. The van der Waals surface area contributed by atoms with Crippen LogP contribution < -0.4 is 19.7 Å². The molecular formula is C26H32ClN5O2. The molecule has 2 rings (SSSR count). The van der Waals surface area contributed by atoms with Gasteiger partial charge in [-0.3, -0.25) is 4.99 Å². The first-order valence-corrected chi connectivity index (χ1v) is 11.1. The summed E-state index contributed by atoms with van der Waals surface area (Å²) in [5, 5.41) is 3.57. The lowest BCUT2D eigenvalue weighted by molar-refractivity contribution is 0.394. The van der Waals surface area contributed by atoms with Gasteiger partial charge in [-0.2, -0.15) is 0 Å². The molecule has 1 aromatic heterocycles. The Hall–Kier alpha value is -3.58. The minimum Gasteiger partial charge on any atom is -0.497 e. The highest BCUT2D eigenvalue weighted by molar-refractivity contribution is 6.35. The van der Waals surface area contributed by atoms with E-state index < -0.39 is 0 Å². The molecule has 0 saturated heterocycles. The predicted molar refractivity (Wildman–Crippen MR) is 144 cm³/mol. The van der Waals surface area contributed by atoms with Gasteiger partial charge in [0.05, 0.1) is 26.5 Å². The van der Waals surface area contributed by atoms with Crippen molar-refractivity contribution in [3.8, 4) is 11.5 Å². The summed E-state index contributed by atoms with van der Waals surface area (Å²) in [7, 11) is 3.14. The van der Waals surface area contributed by atoms with E-state index in [1.807, 2.05) is 55.4 Å². The van der Waals surface area contributed by atoms with Crippen LogP contribution in [0.1, 0.15) is 27.2 Å². The minimum atomic E-state index is 0.368. The van der Waals surface area contributed by atoms with Crippen molar-refractivity contribution in [3.05, 3.63) is 65.5 Å². The van der Waals surface area contributed by atoms with Gasteiger partial charge >= 0.3 is 0 Å². The molecule has 0 aliphatic heterocycles. The van der Waals surface area contributed by atoms with Gasteiger partial charge < -0.3 is 19.7 Å². The third-order valence-corrected chi connectivity index (χ3v) is 5.33. The van der Waals surface area contributed by atoms with E-state index in [0.29, 0.717) is 46.1 Å². The number of aliphatic imine (C=N–C) groups is 2. The van der Waals surface area contributed by atoms with Gasteiger partial charge in [-0.1, -0.05) is 35.9 Å². The smallest absolute Gasteiger partial charge is 0.179 e. The highest BCUT2D eigenvalue weighted by Gasteiger charge is 2.21. The first-order chi connectivity index (χ1) is 16.4. The average molecular weight is 482 g/mol. The number of pyridine rings is 1. The van der Waals surface area contributed by atoms with Crippen LogP contribution in [0, 0.1) is 0 Å². The largest absolute Gasteiger partial charge is 0.497 e. The summed E-state index contributed by atoms with van der Waals surface area (Å²) in [6.45, 7) is 14.1. The van der Waals surface area contributed by atoms with Crippen molar-refractivity contribution < 1.29 is 9.47 Å². The van der Waals surface area contributed by atoms with Crippen molar-refractivity contribution >= 4 is 47.5 Å². The molecule has 180 valence electrons. The predicted octanol–water partition coefficient (Wildman–Crippen LogP) is 6.92. The Morgan fingerprint density at radius 1 is 1.24 bits per heavy atom. The average Bonchev–Trinajstić information content (AvgIpc) is 2.86. The number of nitrogens with zero attached hydrogens (tertiary/aromatic N) is 4. The number of benzene rings is 1. The zero-order chi connectivity index (χ0) is 25.1. The standard InChI is InChI=1S/C26H32ClN5O2/c1-8-13-29-19(4)17-32(22-15-20(33-6)16-23(34-7)25(22)27)24-11-10-21(26(28-5)31-24)30-14-12-18(3)9-2/h8-11,13-16,29H,4-5,12,17H2,1-3,6-7H3/b13-8-,18-9+,30-14?. The zero-order valence-electron chi connectivity index (χ0n) is 20.4.